The Labute approximate surface area is 112 Å². The maximum atomic E-state index is 12.0. The highest BCUT2D eigenvalue weighted by Gasteiger charge is 2.22. The van der Waals surface area contributed by atoms with Crippen LogP contribution in [0.1, 0.15) is 17.5 Å². The van der Waals surface area contributed by atoms with Crippen LogP contribution in [0.25, 0.3) is 11.1 Å². The molecule has 0 radical (unpaired) electrons. The third-order valence-corrected chi connectivity index (χ3v) is 3.75. The molecule has 2 N–H and O–H groups in total. The SMILES string of the molecule is NC1CCc2cccc(-c3ccncc3)c2CC1=O. The van der Waals surface area contributed by atoms with Crippen LogP contribution in [-0.2, 0) is 17.6 Å². The molecule has 19 heavy (non-hydrogen) atoms. The lowest BCUT2D eigenvalue weighted by molar-refractivity contribution is -0.119. The van der Waals surface area contributed by atoms with Crippen molar-refractivity contribution in [3.05, 3.63) is 53.9 Å². The number of benzene rings is 1. The molecule has 1 atom stereocenters. The summed E-state index contributed by atoms with van der Waals surface area (Å²) in [5, 5.41) is 0. The van der Waals surface area contributed by atoms with Crippen molar-refractivity contribution in [3.63, 3.8) is 0 Å². The molecule has 3 heteroatoms. The maximum absolute atomic E-state index is 12.0. The predicted octanol–water partition coefficient (Wildman–Crippen LogP) is 2.13. The fraction of sp³-hybridized carbons (Fsp3) is 0.250. The molecule has 0 saturated heterocycles. The predicted molar refractivity (Wildman–Crippen MR) is 74.7 cm³/mol. The summed E-state index contributed by atoms with van der Waals surface area (Å²) >= 11 is 0. The van der Waals surface area contributed by atoms with Crippen LogP contribution in [0.5, 0.6) is 0 Å². The quantitative estimate of drug-likeness (QED) is 0.791. The van der Waals surface area contributed by atoms with Gasteiger partial charge >= 0.3 is 0 Å². The van der Waals surface area contributed by atoms with E-state index in [1.807, 2.05) is 12.1 Å². The van der Waals surface area contributed by atoms with E-state index in [-0.39, 0.29) is 11.8 Å². The lowest BCUT2D eigenvalue weighted by Gasteiger charge is -2.11. The number of carbonyl (C=O) groups is 1. The summed E-state index contributed by atoms with van der Waals surface area (Å²) < 4.78 is 0. The largest absolute Gasteiger partial charge is 0.321 e. The topological polar surface area (TPSA) is 56.0 Å². The van der Waals surface area contributed by atoms with Gasteiger partial charge in [-0.2, -0.15) is 0 Å². The van der Waals surface area contributed by atoms with Gasteiger partial charge in [0, 0.05) is 18.8 Å². The molecule has 3 nitrogen and oxygen atoms in total. The molecule has 1 unspecified atom stereocenters. The number of nitrogens with two attached hydrogens (primary N) is 1. The molecule has 1 aromatic heterocycles. The van der Waals surface area contributed by atoms with E-state index >= 15 is 0 Å². The molecule has 0 fully saturated rings. The Morgan fingerprint density at radius 2 is 1.95 bits per heavy atom. The Kier molecular flexibility index (Phi) is 3.13. The van der Waals surface area contributed by atoms with Crippen molar-refractivity contribution in [2.24, 2.45) is 5.73 Å². The number of nitrogens with zero attached hydrogens (tertiary/aromatic N) is 1. The Balaban J connectivity index is 2.12. The normalized spacial score (nSPS) is 18.8. The Hall–Kier alpha value is -2.00. The van der Waals surface area contributed by atoms with Crippen LogP contribution in [0.3, 0.4) is 0 Å². The number of fused-ring (bicyclic) bond motifs is 1. The standard InChI is InChI=1S/C16H16N2O/c17-15-5-4-11-2-1-3-13(14(11)10-16(15)19)12-6-8-18-9-7-12/h1-3,6-9,15H,4-5,10,17H2. The van der Waals surface area contributed by atoms with E-state index in [2.05, 4.69) is 23.2 Å². The van der Waals surface area contributed by atoms with Gasteiger partial charge in [-0.1, -0.05) is 18.2 Å². The fourth-order valence-corrected chi connectivity index (χ4v) is 2.66. The average Bonchev–Trinajstić information content (AvgIpc) is 2.60. The summed E-state index contributed by atoms with van der Waals surface area (Å²) in [6, 6.07) is 9.85. The maximum Gasteiger partial charge on any atom is 0.153 e. The molecule has 2 aromatic rings. The summed E-state index contributed by atoms with van der Waals surface area (Å²) in [5.41, 5.74) is 10.5. The highest BCUT2D eigenvalue weighted by atomic mass is 16.1. The first-order valence-corrected chi connectivity index (χ1v) is 6.55. The van der Waals surface area contributed by atoms with Gasteiger partial charge in [0.2, 0.25) is 0 Å². The fourth-order valence-electron chi connectivity index (χ4n) is 2.66. The third-order valence-electron chi connectivity index (χ3n) is 3.75. The number of hydrogen-bond acceptors (Lipinski definition) is 3. The number of aromatic nitrogens is 1. The van der Waals surface area contributed by atoms with Crippen molar-refractivity contribution in [3.8, 4) is 11.1 Å². The molecule has 1 aromatic carbocycles. The minimum absolute atomic E-state index is 0.139. The van der Waals surface area contributed by atoms with Gasteiger partial charge in [0.25, 0.3) is 0 Å². The molecule has 0 aliphatic heterocycles. The van der Waals surface area contributed by atoms with Crippen molar-refractivity contribution in [1.29, 1.82) is 0 Å². The number of pyridine rings is 1. The number of carbonyl (C=O) groups excluding carboxylic acids is 1. The molecule has 3 rings (SSSR count). The van der Waals surface area contributed by atoms with E-state index in [1.54, 1.807) is 12.4 Å². The van der Waals surface area contributed by atoms with Crippen LogP contribution >= 0.6 is 0 Å². The Bertz CT molecular complexity index is 607. The van der Waals surface area contributed by atoms with Gasteiger partial charge < -0.3 is 5.73 Å². The monoisotopic (exact) mass is 252 g/mol. The van der Waals surface area contributed by atoms with Gasteiger partial charge in [-0.3, -0.25) is 9.78 Å². The van der Waals surface area contributed by atoms with E-state index in [1.165, 1.54) is 5.56 Å². The highest BCUT2D eigenvalue weighted by Crippen LogP contribution is 2.29. The number of Topliss-reactive ketones (excluding diaryl/α,β-unsaturated/α-hetero) is 1. The van der Waals surface area contributed by atoms with E-state index in [9.17, 15) is 4.79 Å². The second-order valence-corrected chi connectivity index (χ2v) is 4.97. The molecule has 0 amide bonds. The van der Waals surface area contributed by atoms with E-state index in [4.69, 9.17) is 5.73 Å². The van der Waals surface area contributed by atoms with Gasteiger partial charge in [0.05, 0.1) is 6.04 Å². The molecule has 1 heterocycles. The van der Waals surface area contributed by atoms with Crippen LogP contribution in [0.15, 0.2) is 42.7 Å². The first-order valence-electron chi connectivity index (χ1n) is 6.55. The zero-order valence-corrected chi connectivity index (χ0v) is 10.7. The summed E-state index contributed by atoms with van der Waals surface area (Å²) in [7, 11) is 0. The number of ketones is 1. The molecular formula is C16H16N2O. The average molecular weight is 252 g/mol. The van der Waals surface area contributed by atoms with Gasteiger partial charge in [0.1, 0.15) is 0 Å². The zero-order chi connectivity index (χ0) is 13.2. The molecule has 1 aliphatic rings. The summed E-state index contributed by atoms with van der Waals surface area (Å²) in [6.45, 7) is 0. The van der Waals surface area contributed by atoms with Crippen LogP contribution in [0.2, 0.25) is 0 Å². The van der Waals surface area contributed by atoms with Crippen molar-refractivity contribution in [2.75, 3.05) is 0 Å². The Morgan fingerprint density at radius 1 is 1.16 bits per heavy atom. The van der Waals surface area contributed by atoms with E-state index in [0.717, 1.165) is 29.5 Å². The summed E-state index contributed by atoms with van der Waals surface area (Å²) in [6.07, 6.45) is 5.61. The van der Waals surface area contributed by atoms with Crippen LogP contribution in [0.4, 0.5) is 0 Å². The summed E-state index contributed by atoms with van der Waals surface area (Å²) in [5.74, 6) is 0.139. The molecule has 96 valence electrons. The van der Waals surface area contributed by atoms with Crippen molar-refractivity contribution in [2.45, 2.75) is 25.3 Å². The minimum atomic E-state index is -0.322. The van der Waals surface area contributed by atoms with Crippen LogP contribution < -0.4 is 5.73 Å². The molecular weight excluding hydrogens is 236 g/mol. The van der Waals surface area contributed by atoms with E-state index in [0.29, 0.717) is 6.42 Å². The number of hydrogen-bond donors (Lipinski definition) is 1. The third kappa shape index (κ3) is 2.29. The van der Waals surface area contributed by atoms with Gasteiger partial charge in [0.15, 0.2) is 5.78 Å². The van der Waals surface area contributed by atoms with Crippen LogP contribution in [-0.4, -0.2) is 16.8 Å². The van der Waals surface area contributed by atoms with Crippen molar-refractivity contribution in [1.82, 2.24) is 4.98 Å². The van der Waals surface area contributed by atoms with Gasteiger partial charge in [-0.15, -0.1) is 0 Å². The first-order chi connectivity index (χ1) is 9.25. The molecule has 0 spiro atoms. The zero-order valence-electron chi connectivity index (χ0n) is 10.7. The van der Waals surface area contributed by atoms with Crippen LogP contribution in [0, 0.1) is 0 Å². The lowest BCUT2D eigenvalue weighted by atomic mass is 9.93. The molecule has 0 bridgehead atoms. The van der Waals surface area contributed by atoms with E-state index < -0.39 is 0 Å². The second kappa shape index (κ2) is 4.94. The lowest BCUT2D eigenvalue weighted by Crippen LogP contribution is -2.30. The second-order valence-electron chi connectivity index (χ2n) is 4.97. The molecule has 0 saturated carbocycles. The van der Waals surface area contributed by atoms with Gasteiger partial charge in [-0.25, -0.2) is 0 Å². The minimum Gasteiger partial charge on any atom is -0.321 e. The van der Waals surface area contributed by atoms with Crippen molar-refractivity contribution >= 4 is 5.78 Å². The number of aryl methyl sites for hydroxylation is 1. The number of rotatable bonds is 1. The highest BCUT2D eigenvalue weighted by molar-refractivity contribution is 5.89. The Morgan fingerprint density at radius 3 is 2.74 bits per heavy atom. The van der Waals surface area contributed by atoms with Crippen molar-refractivity contribution < 1.29 is 4.79 Å². The smallest absolute Gasteiger partial charge is 0.153 e. The molecule has 1 aliphatic carbocycles. The summed E-state index contributed by atoms with van der Waals surface area (Å²) in [4.78, 5) is 16.1. The van der Waals surface area contributed by atoms with Gasteiger partial charge in [-0.05, 0) is 47.2 Å². The first kappa shape index (κ1) is 12.1.